The molecule has 4 rings (SSSR count). The van der Waals surface area contributed by atoms with Crippen LogP contribution in [0.3, 0.4) is 0 Å². The van der Waals surface area contributed by atoms with Crippen molar-refractivity contribution in [3.63, 3.8) is 0 Å². The molecule has 194 valence electrons. The number of aliphatic hydroxyl groups excluding tert-OH is 2. The minimum atomic E-state index is -4.49. The molecular weight excluding hydrogens is 425 g/mol. The van der Waals surface area contributed by atoms with Crippen LogP contribution in [0.5, 0.6) is 0 Å². The fourth-order valence-corrected chi connectivity index (χ4v) is 9.21. The minimum Gasteiger partial charge on any atom is -0.393 e. The van der Waals surface area contributed by atoms with E-state index < -0.39 is 12.3 Å². The summed E-state index contributed by atoms with van der Waals surface area (Å²) in [6, 6.07) is 0. The first-order valence-corrected chi connectivity index (χ1v) is 13.9. The number of rotatable bonds is 5. The van der Waals surface area contributed by atoms with Crippen LogP contribution >= 0.6 is 0 Å². The first-order chi connectivity index (χ1) is 15.5. The highest BCUT2D eigenvalue weighted by Crippen LogP contribution is 2.68. The molecule has 0 aromatic carbocycles. The zero-order valence-electron chi connectivity index (χ0n) is 21.6. The molecule has 0 saturated heterocycles. The molecule has 4 aliphatic carbocycles. The van der Waals surface area contributed by atoms with Gasteiger partial charge in [-0.05, 0) is 111 Å². The molecule has 0 heterocycles. The molecule has 10 atom stereocenters. The second-order valence-corrected chi connectivity index (χ2v) is 12.3. The van der Waals surface area contributed by atoms with Crippen LogP contribution < -0.4 is 0 Å². The first kappa shape index (κ1) is 27.3. The molecule has 0 aliphatic heterocycles. The predicted molar refractivity (Wildman–Crippen MR) is 128 cm³/mol. The minimum absolute atomic E-state index is 0.101. The van der Waals surface area contributed by atoms with Gasteiger partial charge in [0.25, 0.3) is 0 Å². The maximum atomic E-state index is 12.6. The lowest BCUT2D eigenvalue weighted by Gasteiger charge is -2.61. The molecule has 0 aromatic heterocycles. The summed E-state index contributed by atoms with van der Waals surface area (Å²) in [5, 5.41) is 19.5. The Hall–Kier alpha value is -0.290. The molecule has 2 N–H and O–H groups in total. The van der Waals surface area contributed by atoms with E-state index in [1.54, 1.807) is 0 Å². The summed E-state index contributed by atoms with van der Waals surface area (Å²) in [4.78, 5) is 0. The van der Waals surface area contributed by atoms with Gasteiger partial charge in [-0.25, -0.2) is 0 Å². The summed E-state index contributed by atoms with van der Waals surface area (Å²) in [5.74, 6) is 4.03. The molecule has 5 heteroatoms. The highest BCUT2D eigenvalue weighted by atomic mass is 19.4. The van der Waals surface area contributed by atoms with Crippen LogP contribution in [0.1, 0.15) is 112 Å². The van der Waals surface area contributed by atoms with E-state index in [0.29, 0.717) is 35.0 Å². The average molecular weight is 475 g/mol. The molecule has 33 heavy (non-hydrogen) atoms. The van der Waals surface area contributed by atoms with Crippen LogP contribution in [0.4, 0.5) is 13.2 Å². The number of fused-ring (bicyclic) bond motifs is 5. The third kappa shape index (κ3) is 5.15. The lowest BCUT2D eigenvalue weighted by molar-refractivity contribution is -0.205. The van der Waals surface area contributed by atoms with E-state index in [4.69, 9.17) is 0 Å². The lowest BCUT2D eigenvalue weighted by atomic mass is 9.44. The van der Waals surface area contributed by atoms with Gasteiger partial charge in [0.2, 0.25) is 0 Å². The fraction of sp³-hybridized carbons (Fsp3) is 1.00. The van der Waals surface area contributed by atoms with Crippen molar-refractivity contribution >= 4 is 0 Å². The van der Waals surface area contributed by atoms with Gasteiger partial charge >= 0.3 is 6.18 Å². The molecule has 2 nitrogen and oxygen atoms in total. The molecule has 0 aromatic rings. The number of halogens is 3. The molecule has 9 unspecified atom stereocenters. The van der Waals surface area contributed by atoms with Crippen molar-refractivity contribution in [1.82, 2.24) is 0 Å². The summed E-state index contributed by atoms with van der Waals surface area (Å²) in [7, 11) is 0. The number of alkyl halides is 3. The SMILES string of the molecule is CC.C[C@H](CCCC(O)C(F)(F)F)C1CCC2C3CCC4CC(O)CCC4(C)C3CCC21C. The Morgan fingerprint density at radius 1 is 0.879 bits per heavy atom. The third-order valence-corrected chi connectivity index (χ3v) is 10.9. The summed E-state index contributed by atoms with van der Waals surface area (Å²) >= 11 is 0. The Morgan fingerprint density at radius 3 is 2.18 bits per heavy atom. The number of aliphatic hydroxyl groups is 2. The van der Waals surface area contributed by atoms with Crippen molar-refractivity contribution in [2.75, 3.05) is 0 Å². The lowest BCUT2D eigenvalue weighted by Crippen LogP contribution is -2.54. The Bertz CT molecular complexity index is 637. The Morgan fingerprint density at radius 2 is 1.52 bits per heavy atom. The zero-order valence-corrected chi connectivity index (χ0v) is 21.6. The smallest absolute Gasteiger partial charge is 0.393 e. The van der Waals surface area contributed by atoms with Gasteiger partial charge in [-0.15, -0.1) is 0 Å². The zero-order chi connectivity index (χ0) is 24.6. The first-order valence-electron chi connectivity index (χ1n) is 13.9. The normalized spacial score (nSPS) is 44.5. The van der Waals surface area contributed by atoms with Gasteiger partial charge in [-0.3, -0.25) is 0 Å². The molecule has 4 aliphatic rings. The van der Waals surface area contributed by atoms with E-state index in [1.165, 1.54) is 44.9 Å². The number of hydrogen-bond acceptors (Lipinski definition) is 2. The highest BCUT2D eigenvalue weighted by molar-refractivity contribution is 5.09. The van der Waals surface area contributed by atoms with Crippen molar-refractivity contribution in [3.8, 4) is 0 Å². The second kappa shape index (κ2) is 10.4. The van der Waals surface area contributed by atoms with Gasteiger partial charge < -0.3 is 10.2 Å². The summed E-state index contributed by atoms with van der Waals surface area (Å²) < 4.78 is 37.9. The van der Waals surface area contributed by atoms with E-state index in [-0.39, 0.29) is 12.5 Å². The van der Waals surface area contributed by atoms with Crippen LogP contribution in [-0.2, 0) is 0 Å². The van der Waals surface area contributed by atoms with Gasteiger partial charge in [0.1, 0.15) is 6.10 Å². The van der Waals surface area contributed by atoms with Crippen LogP contribution in [0.15, 0.2) is 0 Å². The molecular formula is C28H49F3O2. The number of hydrogen-bond donors (Lipinski definition) is 2. The van der Waals surface area contributed by atoms with Crippen molar-refractivity contribution in [1.29, 1.82) is 0 Å². The van der Waals surface area contributed by atoms with Crippen LogP contribution in [-0.4, -0.2) is 28.6 Å². The average Bonchev–Trinajstić information content (AvgIpc) is 3.12. The van der Waals surface area contributed by atoms with Gasteiger partial charge in [0, 0.05) is 0 Å². The van der Waals surface area contributed by atoms with E-state index in [2.05, 4.69) is 20.8 Å². The van der Waals surface area contributed by atoms with E-state index in [0.717, 1.165) is 37.0 Å². The van der Waals surface area contributed by atoms with Crippen molar-refractivity contribution in [2.45, 2.75) is 130 Å². The van der Waals surface area contributed by atoms with E-state index >= 15 is 0 Å². The maximum absolute atomic E-state index is 12.6. The second-order valence-electron chi connectivity index (χ2n) is 12.3. The molecule has 0 amide bonds. The Kier molecular flexibility index (Phi) is 8.58. The van der Waals surface area contributed by atoms with Crippen LogP contribution in [0, 0.1) is 46.3 Å². The van der Waals surface area contributed by atoms with Crippen LogP contribution in [0.25, 0.3) is 0 Å². The molecule has 0 spiro atoms. The topological polar surface area (TPSA) is 40.5 Å². The van der Waals surface area contributed by atoms with Gasteiger partial charge in [-0.1, -0.05) is 47.5 Å². The van der Waals surface area contributed by atoms with Gasteiger partial charge in [-0.2, -0.15) is 13.2 Å². The molecule has 0 bridgehead atoms. The van der Waals surface area contributed by atoms with E-state index in [1.807, 2.05) is 13.8 Å². The van der Waals surface area contributed by atoms with Crippen LogP contribution in [0.2, 0.25) is 0 Å². The Labute approximate surface area is 200 Å². The quantitative estimate of drug-likeness (QED) is 0.427. The summed E-state index contributed by atoms with van der Waals surface area (Å²) in [6.45, 7) is 11.3. The van der Waals surface area contributed by atoms with Crippen molar-refractivity contribution in [2.24, 2.45) is 46.3 Å². The van der Waals surface area contributed by atoms with Gasteiger partial charge in [0.05, 0.1) is 6.10 Å². The summed E-state index contributed by atoms with van der Waals surface area (Å²) in [5.41, 5.74) is 0.710. The highest BCUT2D eigenvalue weighted by Gasteiger charge is 2.60. The summed E-state index contributed by atoms with van der Waals surface area (Å²) in [6.07, 6.45) is 5.02. The largest absolute Gasteiger partial charge is 0.414 e. The third-order valence-electron chi connectivity index (χ3n) is 10.9. The molecule has 0 radical (unpaired) electrons. The maximum Gasteiger partial charge on any atom is 0.414 e. The molecule has 4 saturated carbocycles. The van der Waals surface area contributed by atoms with Gasteiger partial charge in [0.15, 0.2) is 0 Å². The predicted octanol–water partition coefficient (Wildman–Crippen LogP) is 7.76. The van der Waals surface area contributed by atoms with E-state index in [9.17, 15) is 23.4 Å². The van der Waals surface area contributed by atoms with Crippen molar-refractivity contribution < 1.29 is 23.4 Å². The van der Waals surface area contributed by atoms with Crippen molar-refractivity contribution in [3.05, 3.63) is 0 Å². The monoisotopic (exact) mass is 474 g/mol. The standard InChI is InChI=1S/C26H43F3O2.C2H6/c1-16(5-4-6-23(31)26(27,28)29)20-9-10-21-19-8-7-17-15-18(30)11-13-24(17,2)22(19)12-14-25(20,21)3;1-2/h16-23,30-31H,4-15H2,1-3H3;1-2H3/t16-,17?,18?,19?,20?,21?,22?,23?,24?,25?;/m1./s1. The molecule has 4 fully saturated rings. The fourth-order valence-electron chi connectivity index (χ4n) is 9.21. The Balaban J connectivity index is 0.00000149.